The smallest absolute Gasteiger partial charge is 0.407 e. The van der Waals surface area contributed by atoms with Crippen LogP contribution in [0.5, 0.6) is 5.75 Å². The number of benzene rings is 2. The summed E-state index contributed by atoms with van der Waals surface area (Å²) in [5, 5.41) is 13.8. The number of nitrogens with zero attached hydrogens (tertiary/aromatic N) is 2. The van der Waals surface area contributed by atoms with Crippen LogP contribution in [0.4, 0.5) is 16.3 Å². The van der Waals surface area contributed by atoms with Gasteiger partial charge >= 0.3 is 6.09 Å². The first-order chi connectivity index (χ1) is 18.0. The average Bonchev–Trinajstić information content (AvgIpc) is 2.92. The fourth-order valence-electron chi connectivity index (χ4n) is 4.84. The van der Waals surface area contributed by atoms with E-state index in [9.17, 15) is 14.7 Å². The van der Waals surface area contributed by atoms with E-state index in [4.69, 9.17) is 9.72 Å². The van der Waals surface area contributed by atoms with Gasteiger partial charge in [-0.2, -0.15) is 0 Å². The van der Waals surface area contributed by atoms with Gasteiger partial charge in [0.25, 0.3) is 5.56 Å². The Hall–Kier alpha value is -4.33. The molecular formula is C29H30N4O4. The number of amides is 1. The number of piperidine rings is 1. The highest BCUT2D eigenvalue weighted by Gasteiger charge is 2.23. The molecule has 3 heterocycles. The summed E-state index contributed by atoms with van der Waals surface area (Å²) in [5.41, 5.74) is 3.37. The van der Waals surface area contributed by atoms with Gasteiger partial charge in [-0.25, -0.2) is 9.78 Å². The second-order valence-corrected chi connectivity index (χ2v) is 9.26. The van der Waals surface area contributed by atoms with Crippen molar-refractivity contribution in [1.29, 1.82) is 0 Å². The zero-order chi connectivity index (χ0) is 25.8. The van der Waals surface area contributed by atoms with Crippen molar-refractivity contribution in [3.63, 3.8) is 0 Å². The number of para-hydroxylation sites is 1. The Morgan fingerprint density at radius 2 is 1.89 bits per heavy atom. The number of pyridine rings is 2. The van der Waals surface area contributed by atoms with Crippen LogP contribution in [0.2, 0.25) is 0 Å². The average molecular weight is 499 g/mol. The third-order valence-electron chi connectivity index (χ3n) is 6.79. The van der Waals surface area contributed by atoms with Crippen LogP contribution < -0.4 is 15.6 Å². The number of likely N-dealkylation sites (tertiary alicyclic amines) is 1. The molecule has 2 aromatic carbocycles. The Morgan fingerprint density at radius 1 is 1.14 bits per heavy atom. The van der Waals surface area contributed by atoms with E-state index in [1.165, 1.54) is 10.5 Å². The molecular weight excluding hydrogens is 468 g/mol. The Balaban J connectivity index is 1.45. The maximum Gasteiger partial charge on any atom is 0.407 e. The highest BCUT2D eigenvalue weighted by Crippen LogP contribution is 2.34. The number of hydrogen-bond acceptors (Lipinski definition) is 5. The molecule has 1 aliphatic heterocycles. The first-order valence-electron chi connectivity index (χ1n) is 12.6. The Labute approximate surface area is 214 Å². The zero-order valence-corrected chi connectivity index (χ0v) is 20.7. The molecule has 1 saturated heterocycles. The molecule has 3 N–H and O–H groups in total. The summed E-state index contributed by atoms with van der Waals surface area (Å²) >= 11 is 0. The van der Waals surface area contributed by atoms with Gasteiger partial charge in [0.05, 0.1) is 17.7 Å². The van der Waals surface area contributed by atoms with Gasteiger partial charge in [0.2, 0.25) is 0 Å². The second-order valence-electron chi connectivity index (χ2n) is 9.26. The van der Waals surface area contributed by atoms with Gasteiger partial charge in [-0.15, -0.1) is 0 Å². The highest BCUT2D eigenvalue weighted by molar-refractivity contribution is 5.95. The van der Waals surface area contributed by atoms with E-state index in [-0.39, 0.29) is 5.56 Å². The molecule has 0 spiro atoms. The summed E-state index contributed by atoms with van der Waals surface area (Å²) in [5.74, 6) is 1.56. The van der Waals surface area contributed by atoms with Gasteiger partial charge in [-0.3, -0.25) is 4.79 Å². The van der Waals surface area contributed by atoms with Crippen molar-refractivity contribution in [3.8, 4) is 17.0 Å². The summed E-state index contributed by atoms with van der Waals surface area (Å²) in [6, 6.07) is 19.7. The number of carboxylic acid groups (broad SMARTS) is 1. The molecule has 8 nitrogen and oxygen atoms in total. The number of fused-ring (bicyclic) bond motifs is 1. The van der Waals surface area contributed by atoms with E-state index in [1.54, 1.807) is 6.20 Å². The van der Waals surface area contributed by atoms with E-state index in [0.717, 1.165) is 41.6 Å². The summed E-state index contributed by atoms with van der Waals surface area (Å²) < 4.78 is 5.96. The molecule has 5 rings (SSSR count). The molecule has 0 saturated carbocycles. The normalized spacial score (nSPS) is 14.0. The molecule has 0 bridgehead atoms. The number of nitrogens with one attached hydrogen (secondary N) is 2. The Bertz CT molecular complexity index is 1460. The van der Waals surface area contributed by atoms with E-state index >= 15 is 0 Å². The van der Waals surface area contributed by atoms with Gasteiger partial charge < -0.3 is 25.0 Å². The lowest BCUT2D eigenvalue weighted by atomic mass is 9.89. The van der Waals surface area contributed by atoms with E-state index in [1.807, 2.05) is 48.5 Å². The van der Waals surface area contributed by atoms with Gasteiger partial charge in [0, 0.05) is 30.5 Å². The lowest BCUT2D eigenvalue weighted by Crippen LogP contribution is -2.36. The number of anilines is 2. The fraction of sp³-hybridized carbons (Fsp3) is 0.276. The summed E-state index contributed by atoms with van der Waals surface area (Å²) in [7, 11) is 0. The third kappa shape index (κ3) is 5.28. The number of H-pyrrole nitrogens is 1. The van der Waals surface area contributed by atoms with Crippen molar-refractivity contribution in [2.24, 2.45) is 0 Å². The van der Waals surface area contributed by atoms with Gasteiger partial charge in [0.1, 0.15) is 11.6 Å². The number of hydrogen-bond donors (Lipinski definition) is 3. The molecule has 2 aromatic heterocycles. The number of carbonyl (C=O) groups is 1. The third-order valence-corrected chi connectivity index (χ3v) is 6.79. The summed E-state index contributed by atoms with van der Waals surface area (Å²) in [6.07, 6.45) is 3.30. The minimum Gasteiger partial charge on any atom is -0.493 e. The predicted molar refractivity (Wildman–Crippen MR) is 145 cm³/mol. The Kier molecular flexibility index (Phi) is 7.07. The van der Waals surface area contributed by atoms with Gasteiger partial charge in [0.15, 0.2) is 0 Å². The largest absolute Gasteiger partial charge is 0.493 e. The number of aromatic nitrogens is 2. The zero-order valence-electron chi connectivity index (χ0n) is 20.7. The van der Waals surface area contributed by atoms with Crippen LogP contribution in [0.25, 0.3) is 22.0 Å². The molecule has 0 unspecified atom stereocenters. The molecule has 190 valence electrons. The minimum absolute atomic E-state index is 0.212. The fourth-order valence-corrected chi connectivity index (χ4v) is 4.84. The van der Waals surface area contributed by atoms with Crippen molar-refractivity contribution >= 4 is 28.4 Å². The predicted octanol–water partition coefficient (Wildman–Crippen LogP) is 5.98. The van der Waals surface area contributed by atoms with Crippen LogP contribution in [0.3, 0.4) is 0 Å². The maximum atomic E-state index is 12.8. The SMILES string of the molecule is CCCOc1ccccc1-c1cc2cc[nH]c(=O)c2c(Nc2ccc(C3CCN(C(=O)O)CC3)cc2)n1. The standard InChI is InChI=1S/C29H30N4O4/c1-2-17-37-25-6-4-3-5-23(25)24-18-21-11-14-30-28(34)26(21)27(32-24)31-22-9-7-19(8-10-22)20-12-15-33(16-13-20)29(35)36/h3-11,14,18,20H,2,12-13,15-17H2,1H3,(H,30,34)(H,31,32)(H,35,36). The molecule has 0 radical (unpaired) electrons. The second kappa shape index (κ2) is 10.7. The monoisotopic (exact) mass is 498 g/mol. The molecule has 0 aliphatic carbocycles. The van der Waals surface area contributed by atoms with Crippen molar-refractivity contribution in [3.05, 3.63) is 82.8 Å². The van der Waals surface area contributed by atoms with Gasteiger partial charge in [-0.05, 0) is 72.5 Å². The first kappa shape index (κ1) is 24.4. The lowest BCUT2D eigenvalue weighted by molar-refractivity contribution is 0.132. The Morgan fingerprint density at radius 3 is 2.62 bits per heavy atom. The molecule has 1 aliphatic rings. The topological polar surface area (TPSA) is 108 Å². The van der Waals surface area contributed by atoms with Crippen LogP contribution in [0.15, 0.2) is 71.7 Å². The number of rotatable bonds is 7. The van der Waals surface area contributed by atoms with E-state index in [2.05, 4.69) is 29.4 Å². The van der Waals surface area contributed by atoms with E-state index < -0.39 is 6.09 Å². The first-order valence-corrected chi connectivity index (χ1v) is 12.6. The molecule has 37 heavy (non-hydrogen) atoms. The highest BCUT2D eigenvalue weighted by atomic mass is 16.5. The molecule has 8 heteroatoms. The van der Waals surface area contributed by atoms with Crippen LogP contribution >= 0.6 is 0 Å². The van der Waals surface area contributed by atoms with Crippen molar-refractivity contribution < 1.29 is 14.6 Å². The summed E-state index contributed by atoms with van der Waals surface area (Å²) in [6.45, 7) is 3.77. The van der Waals surface area contributed by atoms with Crippen molar-refractivity contribution in [1.82, 2.24) is 14.9 Å². The molecule has 0 atom stereocenters. The molecule has 1 amide bonds. The van der Waals surface area contributed by atoms with Crippen LogP contribution in [0.1, 0.15) is 37.7 Å². The minimum atomic E-state index is -0.852. The maximum absolute atomic E-state index is 12.8. The summed E-state index contributed by atoms with van der Waals surface area (Å²) in [4.78, 5) is 33.1. The van der Waals surface area contributed by atoms with E-state index in [0.29, 0.717) is 42.5 Å². The number of ether oxygens (including phenoxy) is 1. The quantitative estimate of drug-likeness (QED) is 0.289. The van der Waals surface area contributed by atoms with Crippen LogP contribution in [0, 0.1) is 0 Å². The van der Waals surface area contributed by atoms with Crippen LogP contribution in [-0.4, -0.2) is 45.8 Å². The van der Waals surface area contributed by atoms with Crippen molar-refractivity contribution in [2.75, 3.05) is 25.0 Å². The van der Waals surface area contributed by atoms with Crippen LogP contribution in [-0.2, 0) is 0 Å². The lowest BCUT2D eigenvalue weighted by Gasteiger charge is -2.30. The molecule has 1 fully saturated rings. The van der Waals surface area contributed by atoms with Gasteiger partial charge in [-0.1, -0.05) is 31.2 Å². The number of aromatic amines is 1. The molecule has 4 aromatic rings. The van der Waals surface area contributed by atoms with Crippen molar-refractivity contribution in [2.45, 2.75) is 32.1 Å².